The van der Waals surface area contributed by atoms with Crippen LogP contribution in [0.2, 0.25) is 0 Å². The molecule has 1 aliphatic carbocycles. The van der Waals surface area contributed by atoms with Gasteiger partial charge in [0.15, 0.2) is 18.3 Å². The lowest BCUT2D eigenvalue weighted by atomic mass is 9.83. The third kappa shape index (κ3) is 8.51. The molecule has 0 saturated carbocycles. The Morgan fingerprint density at radius 3 is 2.02 bits per heavy atom. The van der Waals surface area contributed by atoms with Crippen molar-refractivity contribution in [3.8, 4) is 0 Å². The van der Waals surface area contributed by atoms with Crippen LogP contribution >= 0.6 is 0 Å². The van der Waals surface area contributed by atoms with Crippen LogP contribution in [0.25, 0.3) is 0 Å². The molecule has 250 valence electrons. The predicted octanol–water partition coefficient (Wildman–Crippen LogP) is 1.02. The monoisotopic (exact) mass is 648 g/mol. The molecule has 16 heteroatoms. The number of hydrogen-bond donors (Lipinski definition) is 1. The Morgan fingerprint density at radius 2 is 1.41 bits per heavy atom. The molecular formula is C30H36N2O14. The van der Waals surface area contributed by atoms with E-state index in [1.165, 1.54) is 17.9 Å². The summed E-state index contributed by atoms with van der Waals surface area (Å²) < 4.78 is 46.5. The molecule has 46 heavy (non-hydrogen) atoms. The van der Waals surface area contributed by atoms with Gasteiger partial charge in [-0.25, -0.2) is 0 Å². The molecule has 1 amide bonds. The number of hydrogen-bond acceptors (Lipinski definition) is 14. The van der Waals surface area contributed by atoms with Gasteiger partial charge in [0, 0.05) is 52.9 Å². The highest BCUT2D eigenvalue weighted by atomic mass is 16.8. The Balaban J connectivity index is 1.68. The first-order valence-electron chi connectivity index (χ1n) is 14.4. The van der Waals surface area contributed by atoms with Crippen molar-refractivity contribution in [2.24, 2.45) is 11.8 Å². The largest absolute Gasteiger partial charge is 0.471 e. The smallest absolute Gasteiger partial charge is 0.303 e. The molecule has 4 rings (SSSR count). The minimum absolute atomic E-state index is 0.120. The summed E-state index contributed by atoms with van der Waals surface area (Å²) in [5.74, 6) is -5.22. The quantitative estimate of drug-likeness (QED) is 0.203. The van der Waals surface area contributed by atoms with Gasteiger partial charge in [-0.1, -0.05) is 6.08 Å². The number of ether oxygens (including phenoxy) is 8. The van der Waals surface area contributed by atoms with Crippen molar-refractivity contribution < 1.29 is 66.7 Å². The lowest BCUT2D eigenvalue weighted by Crippen LogP contribution is -2.63. The molecule has 0 spiro atoms. The van der Waals surface area contributed by atoms with Crippen LogP contribution in [-0.2, 0) is 66.7 Å². The van der Waals surface area contributed by atoms with Crippen LogP contribution in [0.5, 0.6) is 0 Å². The average Bonchev–Trinajstić information content (AvgIpc) is 3.63. The van der Waals surface area contributed by atoms with Gasteiger partial charge in [-0.3, -0.25) is 38.9 Å². The van der Waals surface area contributed by atoms with Crippen LogP contribution in [0.1, 0.15) is 41.0 Å². The van der Waals surface area contributed by atoms with Gasteiger partial charge in [0.25, 0.3) is 5.91 Å². The van der Waals surface area contributed by atoms with E-state index in [-0.39, 0.29) is 12.2 Å². The van der Waals surface area contributed by atoms with Gasteiger partial charge in [0.05, 0.1) is 17.8 Å². The van der Waals surface area contributed by atoms with Crippen LogP contribution in [0.15, 0.2) is 48.0 Å². The van der Waals surface area contributed by atoms with Crippen LogP contribution in [-0.4, -0.2) is 90.6 Å². The van der Waals surface area contributed by atoms with E-state index >= 15 is 0 Å². The van der Waals surface area contributed by atoms with E-state index < -0.39 is 91.2 Å². The molecule has 1 N–H and O–H groups in total. The summed E-state index contributed by atoms with van der Waals surface area (Å²) in [6.07, 6.45) is -1.59. The number of rotatable bonds is 11. The highest BCUT2D eigenvalue weighted by Gasteiger charge is 2.55. The predicted molar refractivity (Wildman–Crippen MR) is 151 cm³/mol. The second-order valence-electron chi connectivity index (χ2n) is 10.7. The number of carbonyl (C=O) groups is 6. The lowest BCUT2D eigenvalue weighted by molar-refractivity contribution is -0.342. The van der Waals surface area contributed by atoms with Crippen LogP contribution in [0, 0.1) is 11.8 Å². The second kappa shape index (κ2) is 15.1. The van der Waals surface area contributed by atoms with E-state index in [2.05, 4.69) is 5.43 Å². The molecule has 0 radical (unpaired) electrons. The molecule has 1 saturated heterocycles. The van der Waals surface area contributed by atoms with E-state index in [4.69, 9.17) is 37.9 Å². The van der Waals surface area contributed by atoms with Gasteiger partial charge < -0.3 is 37.9 Å². The molecule has 1 aromatic heterocycles. The molecule has 3 aliphatic rings. The summed E-state index contributed by atoms with van der Waals surface area (Å²) in [6, 6.07) is 3.47. The standard InChI is InChI=1S/C30H36N2O14/c1-15(33)39-12-20-8-9-21-22(28(38)31-32-10-6-7-11-32)13-41-29(24(20)21)46-30-27(44-19(5)37)26(43-18(4)36)25(42-17(3)35)23(45-30)14-40-16(2)34/h6-8,10-11,13,21,23-27,29-30H,9,12,14H2,1-5H3,(H,31,38)/t21-,23-,24-,25-,26+,27-,29+,30+/m1/s1. The molecule has 0 aromatic carbocycles. The van der Waals surface area contributed by atoms with Crippen molar-refractivity contribution in [1.82, 2.24) is 4.68 Å². The van der Waals surface area contributed by atoms with Gasteiger partial charge in [-0.2, -0.15) is 0 Å². The minimum Gasteiger partial charge on any atom is -0.471 e. The Kier molecular flexibility index (Phi) is 11.2. The number of nitrogens with one attached hydrogen (secondary N) is 1. The van der Waals surface area contributed by atoms with Gasteiger partial charge >= 0.3 is 29.8 Å². The number of carbonyl (C=O) groups excluding carboxylic acids is 6. The fraction of sp³-hybridized carbons (Fsp3) is 0.533. The van der Waals surface area contributed by atoms with Crippen LogP contribution in [0.3, 0.4) is 0 Å². The lowest BCUT2D eigenvalue weighted by Gasteiger charge is -2.45. The Bertz CT molecular complexity index is 1390. The number of nitrogens with zero attached hydrogens (tertiary/aromatic N) is 1. The van der Waals surface area contributed by atoms with Crippen LogP contribution < -0.4 is 5.43 Å². The third-order valence-electron chi connectivity index (χ3n) is 7.27. The Labute approximate surface area is 263 Å². The molecule has 8 atom stereocenters. The van der Waals surface area contributed by atoms with Crippen molar-refractivity contribution in [1.29, 1.82) is 0 Å². The maximum absolute atomic E-state index is 13.2. The summed E-state index contributed by atoms with van der Waals surface area (Å²) in [5, 5.41) is 0. The summed E-state index contributed by atoms with van der Waals surface area (Å²) in [6.45, 7) is 5.17. The van der Waals surface area contributed by atoms with Gasteiger partial charge in [0.1, 0.15) is 19.3 Å². The molecule has 2 aliphatic heterocycles. The fourth-order valence-electron chi connectivity index (χ4n) is 5.52. The number of allylic oxidation sites excluding steroid dienone is 1. The Hall–Kier alpha value is -4.70. The summed E-state index contributed by atoms with van der Waals surface area (Å²) in [7, 11) is 0. The summed E-state index contributed by atoms with van der Waals surface area (Å²) in [5.41, 5.74) is 3.61. The van der Waals surface area contributed by atoms with Gasteiger partial charge in [-0.15, -0.1) is 0 Å². The van der Waals surface area contributed by atoms with Gasteiger partial charge in [0.2, 0.25) is 12.6 Å². The minimum atomic E-state index is -1.54. The SMILES string of the molecule is CC(=O)OCC1=CC[C@@H]2C(C(=O)Nn3cccc3)=CO[C@@H](O[C@@H]3O[C@H](COC(C)=O)[C@@H](OC(C)=O)[C@H](OC(C)=O)[C@H]3OC(C)=O)[C@H]12. The molecule has 16 nitrogen and oxygen atoms in total. The number of fused-ring (bicyclic) bond motifs is 1. The summed E-state index contributed by atoms with van der Waals surface area (Å²) >= 11 is 0. The van der Waals surface area contributed by atoms with E-state index in [0.29, 0.717) is 12.0 Å². The normalized spacial score (nSPS) is 28.3. The third-order valence-corrected chi connectivity index (χ3v) is 7.27. The number of esters is 5. The molecule has 0 bridgehead atoms. The molecule has 0 unspecified atom stereocenters. The zero-order valence-electron chi connectivity index (χ0n) is 25.9. The first-order chi connectivity index (χ1) is 21.8. The van der Waals surface area contributed by atoms with Crippen molar-refractivity contribution in [2.45, 2.75) is 78.0 Å². The van der Waals surface area contributed by atoms with Crippen molar-refractivity contribution in [3.05, 3.63) is 48.0 Å². The zero-order valence-corrected chi connectivity index (χ0v) is 25.9. The highest BCUT2D eigenvalue weighted by molar-refractivity contribution is 5.99. The zero-order chi connectivity index (χ0) is 33.5. The topological polar surface area (TPSA) is 193 Å². The maximum atomic E-state index is 13.2. The van der Waals surface area contributed by atoms with Crippen molar-refractivity contribution in [2.75, 3.05) is 18.6 Å². The highest BCUT2D eigenvalue weighted by Crippen LogP contribution is 2.45. The molecular weight excluding hydrogens is 612 g/mol. The fourth-order valence-corrected chi connectivity index (χ4v) is 5.52. The average molecular weight is 649 g/mol. The van der Waals surface area contributed by atoms with Gasteiger partial charge in [-0.05, 0) is 24.1 Å². The first-order valence-corrected chi connectivity index (χ1v) is 14.4. The molecule has 1 fully saturated rings. The van der Waals surface area contributed by atoms with Crippen molar-refractivity contribution >= 4 is 35.8 Å². The van der Waals surface area contributed by atoms with E-state index in [9.17, 15) is 28.8 Å². The number of aromatic nitrogens is 1. The maximum Gasteiger partial charge on any atom is 0.303 e. The van der Waals surface area contributed by atoms with E-state index in [0.717, 1.165) is 27.7 Å². The van der Waals surface area contributed by atoms with E-state index in [1.807, 2.05) is 6.08 Å². The van der Waals surface area contributed by atoms with E-state index in [1.54, 1.807) is 24.5 Å². The molecule has 3 heterocycles. The number of amides is 1. The second-order valence-corrected chi connectivity index (χ2v) is 10.7. The molecule has 1 aromatic rings. The first kappa shape index (κ1) is 34.2. The summed E-state index contributed by atoms with van der Waals surface area (Å²) in [4.78, 5) is 73.0. The van der Waals surface area contributed by atoms with Crippen LogP contribution in [0.4, 0.5) is 0 Å². The van der Waals surface area contributed by atoms with Crippen molar-refractivity contribution in [3.63, 3.8) is 0 Å². The Morgan fingerprint density at radius 1 is 0.804 bits per heavy atom.